The summed E-state index contributed by atoms with van der Waals surface area (Å²) in [6.45, 7) is 3.73. The number of carboxylic acids is 1. The largest absolute Gasteiger partial charge is 0.493 e. The highest BCUT2D eigenvalue weighted by Crippen LogP contribution is 2.31. The number of carbonyl (C=O) groups is 2. The van der Waals surface area contributed by atoms with Gasteiger partial charge in [-0.05, 0) is 19.4 Å². The first-order valence-corrected chi connectivity index (χ1v) is 7.00. The van der Waals surface area contributed by atoms with E-state index in [9.17, 15) is 14.7 Å². The number of hydrogen-bond donors (Lipinski definition) is 3. The summed E-state index contributed by atoms with van der Waals surface area (Å²) in [6.07, 6.45) is 0.959. The number of ether oxygens (including phenoxy) is 1. The molecule has 21 heavy (non-hydrogen) atoms. The van der Waals surface area contributed by atoms with Crippen LogP contribution in [-0.4, -0.2) is 29.3 Å². The first-order valence-electron chi connectivity index (χ1n) is 7.00. The van der Waals surface area contributed by atoms with Gasteiger partial charge >= 0.3 is 12.0 Å². The van der Waals surface area contributed by atoms with Crippen LogP contribution in [0.3, 0.4) is 0 Å². The van der Waals surface area contributed by atoms with E-state index in [2.05, 4.69) is 10.6 Å². The quantitative estimate of drug-likeness (QED) is 0.792. The maximum Gasteiger partial charge on any atom is 0.329 e. The zero-order valence-electron chi connectivity index (χ0n) is 12.2. The molecular formula is C15H20N2O4. The van der Waals surface area contributed by atoms with Crippen LogP contribution in [0.15, 0.2) is 24.3 Å². The average Bonchev–Trinajstić information content (AvgIpc) is 2.47. The molecule has 114 valence electrons. The van der Waals surface area contributed by atoms with Gasteiger partial charge in [0.2, 0.25) is 0 Å². The van der Waals surface area contributed by atoms with E-state index in [0.717, 1.165) is 11.3 Å². The van der Waals surface area contributed by atoms with Gasteiger partial charge < -0.3 is 20.5 Å². The number of urea groups is 1. The molecule has 1 heterocycles. The molecule has 1 aliphatic heterocycles. The van der Waals surface area contributed by atoms with Crippen molar-refractivity contribution in [2.75, 3.05) is 6.61 Å². The lowest BCUT2D eigenvalue weighted by atomic mass is 9.99. The minimum atomic E-state index is -1.27. The number of nitrogens with one attached hydrogen (secondary N) is 2. The Bertz CT molecular complexity index is 546. The van der Waals surface area contributed by atoms with Gasteiger partial charge in [0.05, 0.1) is 12.6 Å². The molecule has 0 saturated heterocycles. The Morgan fingerprint density at radius 2 is 2.14 bits per heavy atom. The van der Waals surface area contributed by atoms with Crippen LogP contribution >= 0.6 is 0 Å². The topological polar surface area (TPSA) is 87.7 Å². The molecule has 6 heteroatoms. The predicted molar refractivity (Wildman–Crippen MR) is 77.3 cm³/mol. The molecule has 0 fully saturated rings. The van der Waals surface area contributed by atoms with Gasteiger partial charge in [-0.2, -0.15) is 0 Å². The lowest BCUT2D eigenvalue weighted by molar-refractivity contribution is -0.143. The Morgan fingerprint density at radius 1 is 1.43 bits per heavy atom. The molecule has 3 N–H and O–H groups in total. The molecule has 6 nitrogen and oxygen atoms in total. The van der Waals surface area contributed by atoms with Crippen molar-refractivity contribution >= 4 is 12.0 Å². The Balaban J connectivity index is 2.06. The van der Waals surface area contributed by atoms with Crippen LogP contribution < -0.4 is 15.4 Å². The first-order chi connectivity index (χ1) is 9.96. The van der Waals surface area contributed by atoms with Gasteiger partial charge in [0.15, 0.2) is 0 Å². The minimum absolute atomic E-state index is 0.176. The third-order valence-electron chi connectivity index (χ3n) is 3.83. The molecule has 0 radical (unpaired) electrons. The molecular weight excluding hydrogens is 272 g/mol. The highest BCUT2D eigenvalue weighted by atomic mass is 16.5. The fraction of sp³-hybridized carbons (Fsp3) is 0.467. The van der Waals surface area contributed by atoms with E-state index in [1.807, 2.05) is 24.3 Å². The van der Waals surface area contributed by atoms with Gasteiger partial charge in [-0.15, -0.1) is 0 Å². The van der Waals surface area contributed by atoms with Crippen molar-refractivity contribution in [1.29, 1.82) is 0 Å². The summed E-state index contributed by atoms with van der Waals surface area (Å²) in [5.74, 6) is -0.293. The molecule has 0 aromatic heterocycles. The van der Waals surface area contributed by atoms with E-state index in [1.54, 1.807) is 6.92 Å². The molecule has 1 aliphatic rings. The first kappa shape index (κ1) is 15.2. The molecule has 2 rings (SSSR count). The Hall–Kier alpha value is -2.24. The summed E-state index contributed by atoms with van der Waals surface area (Å²) in [5, 5.41) is 14.5. The lowest BCUT2D eigenvalue weighted by Crippen LogP contribution is -2.55. The zero-order chi connectivity index (χ0) is 15.5. The summed E-state index contributed by atoms with van der Waals surface area (Å²) in [4.78, 5) is 23.3. The number of rotatable bonds is 4. The monoisotopic (exact) mass is 292 g/mol. The summed E-state index contributed by atoms with van der Waals surface area (Å²) >= 11 is 0. The van der Waals surface area contributed by atoms with Crippen molar-refractivity contribution in [3.05, 3.63) is 29.8 Å². The van der Waals surface area contributed by atoms with Crippen LogP contribution in [0, 0.1) is 0 Å². The van der Waals surface area contributed by atoms with Crippen LogP contribution in [0.1, 0.15) is 38.3 Å². The van der Waals surface area contributed by atoms with Gasteiger partial charge in [-0.25, -0.2) is 9.59 Å². The van der Waals surface area contributed by atoms with Crippen molar-refractivity contribution in [3.63, 3.8) is 0 Å². The number of aliphatic carboxylic acids is 1. The second-order valence-corrected chi connectivity index (χ2v) is 5.32. The molecule has 0 saturated carbocycles. The summed E-state index contributed by atoms with van der Waals surface area (Å²) in [5.41, 5.74) is -0.359. The van der Waals surface area contributed by atoms with E-state index in [0.29, 0.717) is 19.4 Å². The average molecular weight is 292 g/mol. The summed E-state index contributed by atoms with van der Waals surface area (Å²) < 4.78 is 5.53. The third kappa shape index (κ3) is 3.26. The number of amides is 2. The number of fused-ring (bicyclic) bond motifs is 1. The molecule has 2 atom stereocenters. The highest BCUT2D eigenvalue weighted by molar-refractivity contribution is 5.86. The van der Waals surface area contributed by atoms with E-state index in [1.165, 1.54) is 6.92 Å². The van der Waals surface area contributed by atoms with Gasteiger partial charge in [-0.3, -0.25) is 0 Å². The zero-order valence-corrected chi connectivity index (χ0v) is 12.2. The Labute approximate surface area is 123 Å². The maximum atomic E-state index is 12.1. The SMILES string of the molecule is CCC(C)(NC(=O)NC1CCOc2ccccc21)C(=O)O. The van der Waals surface area contributed by atoms with Crippen molar-refractivity contribution in [2.45, 2.75) is 38.3 Å². The highest BCUT2D eigenvalue weighted by Gasteiger charge is 2.33. The van der Waals surface area contributed by atoms with E-state index >= 15 is 0 Å². The number of benzene rings is 1. The molecule has 0 spiro atoms. The fourth-order valence-corrected chi connectivity index (χ4v) is 2.23. The van der Waals surface area contributed by atoms with Crippen molar-refractivity contribution in [1.82, 2.24) is 10.6 Å². The van der Waals surface area contributed by atoms with Gasteiger partial charge in [0, 0.05) is 12.0 Å². The number of para-hydroxylation sites is 1. The predicted octanol–water partition coefficient (Wildman–Crippen LogP) is 2.06. The Kier molecular flexibility index (Phi) is 4.35. The number of hydrogen-bond acceptors (Lipinski definition) is 3. The number of carboxylic acid groups (broad SMARTS) is 1. The van der Waals surface area contributed by atoms with E-state index in [4.69, 9.17) is 4.74 Å². The summed E-state index contributed by atoms with van der Waals surface area (Å²) in [7, 11) is 0. The molecule has 1 aromatic carbocycles. The molecule has 2 unspecified atom stereocenters. The fourth-order valence-electron chi connectivity index (χ4n) is 2.23. The van der Waals surface area contributed by atoms with Gasteiger partial charge in [0.1, 0.15) is 11.3 Å². The van der Waals surface area contributed by atoms with Gasteiger partial charge in [-0.1, -0.05) is 25.1 Å². The van der Waals surface area contributed by atoms with Crippen molar-refractivity contribution in [3.8, 4) is 5.75 Å². The van der Waals surface area contributed by atoms with Crippen LogP contribution in [0.2, 0.25) is 0 Å². The third-order valence-corrected chi connectivity index (χ3v) is 3.83. The summed E-state index contributed by atoms with van der Waals surface area (Å²) in [6, 6.07) is 6.85. The molecule has 0 bridgehead atoms. The smallest absolute Gasteiger partial charge is 0.329 e. The standard InChI is InChI=1S/C15H20N2O4/c1-3-15(2,13(18)19)17-14(20)16-11-8-9-21-12-7-5-4-6-10(11)12/h4-7,11H,3,8-9H2,1-2H3,(H,18,19)(H2,16,17,20). The normalized spacial score (nSPS) is 19.6. The maximum absolute atomic E-state index is 12.1. The van der Waals surface area contributed by atoms with Crippen LogP contribution in [-0.2, 0) is 4.79 Å². The second-order valence-electron chi connectivity index (χ2n) is 5.32. The van der Waals surface area contributed by atoms with E-state index in [-0.39, 0.29) is 6.04 Å². The lowest BCUT2D eigenvalue weighted by Gasteiger charge is -2.29. The second kappa shape index (κ2) is 6.03. The van der Waals surface area contributed by atoms with E-state index < -0.39 is 17.5 Å². The minimum Gasteiger partial charge on any atom is -0.493 e. The van der Waals surface area contributed by atoms with Crippen molar-refractivity contribution < 1.29 is 19.4 Å². The van der Waals surface area contributed by atoms with Crippen LogP contribution in [0.25, 0.3) is 0 Å². The molecule has 1 aromatic rings. The van der Waals surface area contributed by atoms with Crippen molar-refractivity contribution in [2.24, 2.45) is 0 Å². The van der Waals surface area contributed by atoms with Crippen LogP contribution in [0.4, 0.5) is 4.79 Å². The Morgan fingerprint density at radius 3 is 2.81 bits per heavy atom. The van der Waals surface area contributed by atoms with Crippen LogP contribution in [0.5, 0.6) is 5.75 Å². The molecule has 0 aliphatic carbocycles. The number of carbonyl (C=O) groups excluding carboxylic acids is 1. The van der Waals surface area contributed by atoms with Gasteiger partial charge in [0.25, 0.3) is 0 Å². The molecule has 2 amide bonds.